The summed E-state index contributed by atoms with van der Waals surface area (Å²) in [6.45, 7) is 3.19. The molecule has 0 spiro atoms. The molecular formula is C21H23FN4O4. The summed E-state index contributed by atoms with van der Waals surface area (Å²) in [5.41, 5.74) is 3.28. The van der Waals surface area contributed by atoms with E-state index in [0.29, 0.717) is 33.8 Å². The average Bonchev–Trinajstić information content (AvgIpc) is 3.14. The number of aryl methyl sites for hydroxylation is 1. The fraction of sp³-hybridized carbons (Fsp3) is 0.286. The number of hydrogen-bond donors (Lipinski definition) is 4. The number of nitrogens with one attached hydrogen (secondary N) is 3. The molecule has 0 radical (unpaired) electrons. The first-order valence-corrected chi connectivity index (χ1v) is 9.29. The molecule has 0 unspecified atom stereocenters. The van der Waals surface area contributed by atoms with Gasteiger partial charge in [0.1, 0.15) is 11.9 Å². The Labute approximate surface area is 172 Å². The standard InChI is InChI=1S/C21H23FN4O4/c1-10-16(8-14-13-7-12(22)5-6-15(13)25-19(14)28)24-11(2)18(10)20(29)23-9-17(27)21(30)26(3)4/h5-8,17,24,27H,9H2,1-4H3,(H,23,29)(H,25,28)/b14-8-/t17-/m0/s1. The summed E-state index contributed by atoms with van der Waals surface area (Å²) in [7, 11) is 3.02. The van der Waals surface area contributed by atoms with Crippen molar-refractivity contribution in [3.63, 3.8) is 0 Å². The summed E-state index contributed by atoms with van der Waals surface area (Å²) in [5.74, 6) is -1.79. The molecule has 3 amide bonds. The van der Waals surface area contributed by atoms with Crippen molar-refractivity contribution in [3.05, 3.63) is 52.1 Å². The van der Waals surface area contributed by atoms with Crippen LogP contribution in [0.3, 0.4) is 0 Å². The highest BCUT2D eigenvalue weighted by atomic mass is 19.1. The van der Waals surface area contributed by atoms with Crippen molar-refractivity contribution in [1.29, 1.82) is 0 Å². The number of carbonyl (C=O) groups is 3. The van der Waals surface area contributed by atoms with E-state index in [0.717, 1.165) is 0 Å². The Morgan fingerprint density at radius 2 is 2.00 bits per heavy atom. The lowest BCUT2D eigenvalue weighted by molar-refractivity contribution is -0.137. The number of nitrogens with zero attached hydrogens (tertiary/aromatic N) is 1. The number of carbonyl (C=O) groups excluding carboxylic acids is 3. The molecule has 0 saturated carbocycles. The van der Waals surface area contributed by atoms with E-state index in [1.54, 1.807) is 19.9 Å². The van der Waals surface area contributed by atoms with Gasteiger partial charge < -0.3 is 25.6 Å². The van der Waals surface area contributed by atoms with E-state index in [1.807, 2.05) is 0 Å². The van der Waals surface area contributed by atoms with E-state index in [4.69, 9.17) is 0 Å². The third-order valence-electron chi connectivity index (χ3n) is 4.94. The van der Waals surface area contributed by atoms with Crippen molar-refractivity contribution < 1.29 is 23.9 Å². The average molecular weight is 414 g/mol. The molecule has 1 aromatic heterocycles. The van der Waals surface area contributed by atoms with Crippen LogP contribution in [0.15, 0.2) is 18.2 Å². The smallest absolute Gasteiger partial charge is 0.256 e. The molecule has 9 heteroatoms. The summed E-state index contributed by atoms with van der Waals surface area (Å²) in [5, 5.41) is 15.1. The monoisotopic (exact) mass is 414 g/mol. The predicted molar refractivity (Wildman–Crippen MR) is 110 cm³/mol. The van der Waals surface area contributed by atoms with Crippen molar-refractivity contribution in [2.75, 3.05) is 26.0 Å². The van der Waals surface area contributed by atoms with Gasteiger partial charge in [-0.15, -0.1) is 0 Å². The van der Waals surface area contributed by atoms with Crippen LogP contribution in [0, 0.1) is 19.7 Å². The van der Waals surface area contributed by atoms with Gasteiger partial charge in [0.25, 0.3) is 17.7 Å². The number of fused-ring (bicyclic) bond motifs is 1. The minimum Gasteiger partial charge on any atom is -0.381 e. The molecule has 30 heavy (non-hydrogen) atoms. The number of halogens is 1. The van der Waals surface area contributed by atoms with Gasteiger partial charge in [-0.05, 0) is 43.7 Å². The molecule has 2 aromatic rings. The van der Waals surface area contributed by atoms with E-state index >= 15 is 0 Å². The maximum absolute atomic E-state index is 13.6. The SMILES string of the molecule is Cc1[nH]c(/C=C2\C(=O)Nc3ccc(F)cc32)c(C)c1C(=O)NC[C@H](O)C(=O)N(C)C. The van der Waals surface area contributed by atoms with Crippen LogP contribution in [-0.2, 0) is 9.59 Å². The van der Waals surface area contributed by atoms with Gasteiger partial charge in [0.15, 0.2) is 0 Å². The summed E-state index contributed by atoms with van der Waals surface area (Å²) in [6, 6.07) is 4.04. The largest absolute Gasteiger partial charge is 0.381 e. The molecule has 3 rings (SSSR count). The molecule has 1 atom stereocenters. The van der Waals surface area contributed by atoms with E-state index < -0.39 is 23.7 Å². The van der Waals surface area contributed by atoms with Crippen LogP contribution in [0.5, 0.6) is 0 Å². The fourth-order valence-electron chi connectivity index (χ4n) is 3.37. The molecule has 2 heterocycles. The number of amides is 3. The summed E-state index contributed by atoms with van der Waals surface area (Å²) in [4.78, 5) is 41.0. The van der Waals surface area contributed by atoms with E-state index in [1.165, 1.54) is 37.2 Å². The van der Waals surface area contributed by atoms with Crippen molar-refractivity contribution in [1.82, 2.24) is 15.2 Å². The molecule has 0 bridgehead atoms. The quantitative estimate of drug-likeness (QED) is 0.554. The van der Waals surface area contributed by atoms with Gasteiger partial charge in [0.05, 0.1) is 17.7 Å². The van der Waals surface area contributed by atoms with Gasteiger partial charge in [-0.2, -0.15) is 0 Å². The lowest BCUT2D eigenvalue weighted by Gasteiger charge is -2.16. The normalized spacial score (nSPS) is 15.0. The second kappa shape index (κ2) is 8.11. The third-order valence-corrected chi connectivity index (χ3v) is 4.94. The first-order chi connectivity index (χ1) is 14.1. The van der Waals surface area contributed by atoms with Crippen molar-refractivity contribution in [2.24, 2.45) is 0 Å². The molecule has 4 N–H and O–H groups in total. The topological polar surface area (TPSA) is 115 Å². The molecule has 1 aromatic carbocycles. The Morgan fingerprint density at radius 1 is 1.30 bits per heavy atom. The van der Waals surface area contributed by atoms with Gasteiger partial charge >= 0.3 is 0 Å². The Balaban J connectivity index is 1.86. The zero-order valence-corrected chi connectivity index (χ0v) is 17.1. The van der Waals surface area contributed by atoms with Gasteiger partial charge in [-0.3, -0.25) is 14.4 Å². The highest BCUT2D eigenvalue weighted by Gasteiger charge is 2.26. The Morgan fingerprint density at radius 3 is 2.67 bits per heavy atom. The summed E-state index contributed by atoms with van der Waals surface area (Å²) >= 11 is 0. The number of likely N-dealkylation sites (N-methyl/N-ethyl adjacent to an activating group) is 1. The Bertz CT molecular complexity index is 1070. The first kappa shape index (κ1) is 21.3. The molecule has 0 aliphatic carbocycles. The van der Waals surface area contributed by atoms with Crippen molar-refractivity contribution >= 4 is 35.1 Å². The second-order valence-electron chi connectivity index (χ2n) is 7.32. The fourth-order valence-corrected chi connectivity index (χ4v) is 3.37. The number of hydrogen-bond acceptors (Lipinski definition) is 4. The van der Waals surface area contributed by atoms with Crippen LogP contribution in [-0.4, -0.2) is 59.5 Å². The number of aromatic nitrogens is 1. The van der Waals surface area contributed by atoms with Gasteiger partial charge in [-0.25, -0.2) is 4.39 Å². The van der Waals surface area contributed by atoms with E-state index in [2.05, 4.69) is 15.6 Å². The van der Waals surface area contributed by atoms with Crippen LogP contribution >= 0.6 is 0 Å². The minimum atomic E-state index is -1.35. The molecule has 1 aliphatic heterocycles. The number of benzene rings is 1. The van der Waals surface area contributed by atoms with Crippen LogP contribution < -0.4 is 10.6 Å². The van der Waals surface area contributed by atoms with E-state index in [9.17, 15) is 23.9 Å². The number of aromatic amines is 1. The van der Waals surface area contributed by atoms with Crippen LogP contribution in [0.2, 0.25) is 0 Å². The van der Waals surface area contributed by atoms with Gasteiger partial charge in [0, 0.05) is 36.7 Å². The Kier molecular flexibility index (Phi) is 5.75. The molecule has 8 nitrogen and oxygen atoms in total. The molecule has 1 aliphatic rings. The minimum absolute atomic E-state index is 0.231. The lowest BCUT2D eigenvalue weighted by atomic mass is 10.0. The van der Waals surface area contributed by atoms with Gasteiger partial charge in [-0.1, -0.05) is 0 Å². The first-order valence-electron chi connectivity index (χ1n) is 9.29. The number of anilines is 1. The van der Waals surface area contributed by atoms with E-state index in [-0.39, 0.29) is 18.0 Å². The zero-order valence-electron chi connectivity index (χ0n) is 17.1. The molecule has 0 saturated heterocycles. The van der Waals surface area contributed by atoms with Crippen molar-refractivity contribution in [2.45, 2.75) is 20.0 Å². The number of H-pyrrole nitrogens is 1. The number of aliphatic hydroxyl groups excluding tert-OH is 1. The highest BCUT2D eigenvalue weighted by Crippen LogP contribution is 2.34. The van der Waals surface area contributed by atoms with Crippen LogP contribution in [0.25, 0.3) is 11.6 Å². The maximum Gasteiger partial charge on any atom is 0.256 e. The lowest BCUT2D eigenvalue weighted by Crippen LogP contribution is -2.42. The number of rotatable bonds is 5. The molecule has 0 fully saturated rings. The third kappa shape index (κ3) is 3.97. The number of aliphatic hydroxyl groups is 1. The Hall–Kier alpha value is -3.46. The highest BCUT2D eigenvalue weighted by molar-refractivity contribution is 6.34. The second-order valence-corrected chi connectivity index (χ2v) is 7.32. The molecular weight excluding hydrogens is 391 g/mol. The van der Waals surface area contributed by atoms with Crippen molar-refractivity contribution in [3.8, 4) is 0 Å². The molecule has 158 valence electrons. The zero-order chi connectivity index (χ0) is 22.2. The summed E-state index contributed by atoms with van der Waals surface area (Å²) in [6.07, 6.45) is 0.225. The summed E-state index contributed by atoms with van der Waals surface area (Å²) < 4.78 is 13.6. The van der Waals surface area contributed by atoms with Crippen LogP contribution in [0.1, 0.15) is 32.9 Å². The maximum atomic E-state index is 13.6. The van der Waals surface area contributed by atoms with Gasteiger partial charge in [0.2, 0.25) is 0 Å². The van der Waals surface area contributed by atoms with Crippen LogP contribution in [0.4, 0.5) is 10.1 Å². The predicted octanol–water partition coefficient (Wildman–Crippen LogP) is 1.44.